The van der Waals surface area contributed by atoms with E-state index in [-0.39, 0.29) is 17.9 Å². The number of anilines is 1. The number of amides is 1. The summed E-state index contributed by atoms with van der Waals surface area (Å²) in [6, 6.07) is 12.8. The first kappa shape index (κ1) is 24.5. The first-order valence-electron chi connectivity index (χ1n) is 12.1. The van der Waals surface area contributed by atoms with Crippen LogP contribution in [-0.2, 0) is 16.0 Å². The quantitative estimate of drug-likeness (QED) is 0.253. The molecule has 1 fully saturated rings. The molecule has 2 heterocycles. The van der Waals surface area contributed by atoms with Crippen LogP contribution in [0, 0.1) is 0 Å². The molecule has 1 amide bonds. The number of methoxy groups -OCH3 is 1. The topological polar surface area (TPSA) is 46.6 Å². The summed E-state index contributed by atoms with van der Waals surface area (Å²) in [7, 11) is 1.41. The lowest BCUT2D eigenvalue weighted by Gasteiger charge is -2.25. The molecule has 0 spiro atoms. The molecule has 4 nitrogen and oxygen atoms in total. The number of carbonyl (C=O) groups excluding carboxylic acids is 2. The van der Waals surface area contributed by atoms with Crippen LogP contribution in [0.25, 0.3) is 0 Å². The molecular formula is C27H37NO3S. The Bertz CT molecular complexity index is 873. The van der Waals surface area contributed by atoms with Crippen LogP contribution < -0.4 is 4.90 Å². The number of thiophene rings is 1. The number of aryl methyl sites for hydroxylation is 1. The maximum Gasteiger partial charge on any atom is 0.348 e. The van der Waals surface area contributed by atoms with Crippen LogP contribution in [0.15, 0.2) is 36.4 Å². The van der Waals surface area contributed by atoms with Gasteiger partial charge in [0.05, 0.1) is 7.11 Å². The van der Waals surface area contributed by atoms with Crippen molar-refractivity contribution in [2.45, 2.75) is 90.0 Å². The van der Waals surface area contributed by atoms with Crippen LogP contribution >= 0.6 is 11.3 Å². The van der Waals surface area contributed by atoms with Gasteiger partial charge in [0.1, 0.15) is 4.88 Å². The van der Waals surface area contributed by atoms with Gasteiger partial charge in [-0.2, -0.15) is 0 Å². The number of unbranched alkanes of at least 4 members (excludes halogenated alkanes) is 3. The highest BCUT2D eigenvalue weighted by Crippen LogP contribution is 2.32. The highest BCUT2D eigenvalue weighted by atomic mass is 32.1. The zero-order valence-electron chi connectivity index (χ0n) is 19.8. The average molecular weight is 456 g/mol. The summed E-state index contributed by atoms with van der Waals surface area (Å²) in [6.45, 7) is 4.55. The fourth-order valence-corrected chi connectivity index (χ4v) is 5.58. The van der Waals surface area contributed by atoms with Gasteiger partial charge in [-0.25, -0.2) is 4.79 Å². The van der Waals surface area contributed by atoms with Crippen molar-refractivity contribution in [3.8, 4) is 0 Å². The standard InChI is InChI=1S/C27H37NO3S/c1-4-5-6-7-9-20(2)21-12-14-23(15-13-21)28-22(16-19-26(28)29)10-8-11-24-17-18-25(32-24)27(30)31-3/h12-15,17-18,20,22H,4-11,16,19H2,1-3H3. The fraction of sp³-hybridized carbons (Fsp3) is 0.556. The number of hydrogen-bond donors (Lipinski definition) is 0. The highest BCUT2D eigenvalue weighted by Gasteiger charge is 2.31. The molecule has 1 aliphatic heterocycles. The Morgan fingerprint density at radius 3 is 2.62 bits per heavy atom. The summed E-state index contributed by atoms with van der Waals surface area (Å²) in [5.41, 5.74) is 2.40. The number of hydrogen-bond acceptors (Lipinski definition) is 4. The molecule has 2 aromatic rings. The smallest absolute Gasteiger partial charge is 0.348 e. The Balaban J connectivity index is 1.53. The summed E-state index contributed by atoms with van der Waals surface area (Å²) in [5.74, 6) is 0.527. The van der Waals surface area contributed by atoms with Gasteiger partial charge >= 0.3 is 5.97 Å². The number of carbonyl (C=O) groups is 2. The number of nitrogens with zero attached hydrogens (tertiary/aromatic N) is 1. The Morgan fingerprint density at radius 1 is 1.12 bits per heavy atom. The van der Waals surface area contributed by atoms with Gasteiger partial charge in [0, 0.05) is 23.0 Å². The zero-order chi connectivity index (χ0) is 22.9. The number of esters is 1. The van der Waals surface area contributed by atoms with Crippen LogP contribution in [-0.4, -0.2) is 25.0 Å². The van der Waals surface area contributed by atoms with Gasteiger partial charge in [-0.3, -0.25) is 4.79 Å². The molecule has 0 radical (unpaired) electrons. The average Bonchev–Trinajstić information content (AvgIpc) is 3.43. The molecule has 0 saturated carbocycles. The van der Waals surface area contributed by atoms with Crippen LogP contribution in [0.1, 0.15) is 97.7 Å². The van der Waals surface area contributed by atoms with E-state index in [0.29, 0.717) is 17.2 Å². The lowest BCUT2D eigenvalue weighted by molar-refractivity contribution is -0.117. The molecule has 32 heavy (non-hydrogen) atoms. The second-order valence-electron chi connectivity index (χ2n) is 8.95. The van der Waals surface area contributed by atoms with Crippen molar-refractivity contribution in [1.82, 2.24) is 0 Å². The molecule has 1 aliphatic rings. The van der Waals surface area contributed by atoms with Gasteiger partial charge in [-0.15, -0.1) is 11.3 Å². The largest absolute Gasteiger partial charge is 0.465 e. The molecule has 2 atom stereocenters. The van der Waals surface area contributed by atoms with Gasteiger partial charge in [0.2, 0.25) is 5.91 Å². The van der Waals surface area contributed by atoms with Crippen molar-refractivity contribution in [3.05, 3.63) is 51.7 Å². The minimum Gasteiger partial charge on any atom is -0.465 e. The van der Waals surface area contributed by atoms with Crippen LogP contribution in [0.4, 0.5) is 5.69 Å². The zero-order valence-corrected chi connectivity index (χ0v) is 20.6. The highest BCUT2D eigenvalue weighted by molar-refractivity contribution is 7.13. The molecule has 5 heteroatoms. The molecular weight excluding hydrogens is 418 g/mol. The van der Waals surface area contributed by atoms with E-state index in [1.807, 2.05) is 17.0 Å². The SMILES string of the molecule is CCCCCCC(C)c1ccc(N2C(=O)CCC2CCCc2ccc(C(=O)OC)s2)cc1. The lowest BCUT2D eigenvalue weighted by atomic mass is 9.94. The first-order valence-corrected chi connectivity index (χ1v) is 12.9. The normalized spacial score (nSPS) is 17.0. The van der Waals surface area contributed by atoms with E-state index < -0.39 is 0 Å². The van der Waals surface area contributed by atoms with Crippen LogP contribution in [0.5, 0.6) is 0 Å². The Hall–Kier alpha value is -2.14. The van der Waals surface area contributed by atoms with E-state index in [1.54, 1.807) is 0 Å². The van der Waals surface area contributed by atoms with Crippen molar-refractivity contribution in [3.63, 3.8) is 0 Å². The Kier molecular flexibility index (Phi) is 9.34. The summed E-state index contributed by atoms with van der Waals surface area (Å²) in [5, 5.41) is 0. The van der Waals surface area contributed by atoms with Crippen molar-refractivity contribution < 1.29 is 14.3 Å². The molecule has 0 bridgehead atoms. The molecule has 3 rings (SSSR count). The van der Waals surface area contributed by atoms with Crippen LogP contribution in [0.2, 0.25) is 0 Å². The van der Waals surface area contributed by atoms with Crippen molar-refractivity contribution in [1.29, 1.82) is 0 Å². The third-order valence-corrected chi connectivity index (χ3v) is 7.69. The summed E-state index contributed by atoms with van der Waals surface area (Å²) in [4.78, 5) is 28.1. The third kappa shape index (κ3) is 6.44. The third-order valence-electron chi connectivity index (χ3n) is 6.57. The monoisotopic (exact) mass is 455 g/mol. The fourth-order valence-electron chi connectivity index (χ4n) is 4.61. The summed E-state index contributed by atoms with van der Waals surface area (Å²) >= 11 is 1.50. The van der Waals surface area contributed by atoms with Gasteiger partial charge in [-0.1, -0.05) is 51.7 Å². The predicted molar refractivity (Wildman–Crippen MR) is 133 cm³/mol. The van der Waals surface area contributed by atoms with E-state index in [4.69, 9.17) is 4.74 Å². The van der Waals surface area contributed by atoms with Crippen molar-refractivity contribution in [2.24, 2.45) is 0 Å². The molecule has 174 valence electrons. The first-order chi connectivity index (χ1) is 15.5. The number of ether oxygens (including phenoxy) is 1. The Labute approximate surface area is 197 Å². The van der Waals surface area contributed by atoms with Gasteiger partial charge in [0.25, 0.3) is 0 Å². The van der Waals surface area contributed by atoms with E-state index in [9.17, 15) is 9.59 Å². The predicted octanol–water partition coefficient (Wildman–Crippen LogP) is 7.13. The maximum atomic E-state index is 12.6. The second-order valence-corrected chi connectivity index (χ2v) is 10.1. The van der Waals surface area contributed by atoms with Gasteiger partial charge in [-0.05, 0) is 67.9 Å². The van der Waals surface area contributed by atoms with E-state index in [2.05, 4.69) is 38.1 Å². The van der Waals surface area contributed by atoms with E-state index >= 15 is 0 Å². The maximum absolute atomic E-state index is 12.6. The lowest BCUT2D eigenvalue weighted by Crippen LogP contribution is -2.32. The van der Waals surface area contributed by atoms with E-state index in [1.165, 1.54) is 61.0 Å². The molecule has 1 aromatic carbocycles. The Morgan fingerprint density at radius 2 is 1.91 bits per heavy atom. The summed E-state index contributed by atoms with van der Waals surface area (Å²) < 4.78 is 4.79. The molecule has 1 saturated heterocycles. The molecule has 0 N–H and O–H groups in total. The minimum atomic E-state index is -0.271. The number of benzene rings is 1. The van der Waals surface area contributed by atoms with Crippen molar-refractivity contribution >= 4 is 28.9 Å². The molecule has 0 aliphatic carbocycles. The van der Waals surface area contributed by atoms with Crippen LogP contribution in [0.3, 0.4) is 0 Å². The second kappa shape index (κ2) is 12.2. The summed E-state index contributed by atoms with van der Waals surface area (Å²) in [6.07, 6.45) is 10.9. The van der Waals surface area contributed by atoms with Gasteiger partial charge < -0.3 is 9.64 Å². The van der Waals surface area contributed by atoms with E-state index in [0.717, 1.165) is 31.4 Å². The van der Waals surface area contributed by atoms with Crippen molar-refractivity contribution in [2.75, 3.05) is 12.0 Å². The van der Waals surface area contributed by atoms with Gasteiger partial charge in [0.15, 0.2) is 0 Å². The molecule has 1 aromatic heterocycles. The number of rotatable bonds is 12. The minimum absolute atomic E-state index is 0.236. The molecule has 2 unspecified atom stereocenters.